The number of rotatable bonds is 6. The van der Waals surface area contributed by atoms with Gasteiger partial charge in [0.25, 0.3) is 0 Å². The van der Waals surface area contributed by atoms with Crippen molar-refractivity contribution in [3.8, 4) is 0 Å². The Balaban J connectivity index is 2.63. The Morgan fingerprint density at radius 1 is 1.41 bits per heavy atom. The van der Waals surface area contributed by atoms with Crippen molar-refractivity contribution < 1.29 is 5.11 Å². The van der Waals surface area contributed by atoms with E-state index in [0.29, 0.717) is 12.6 Å². The van der Waals surface area contributed by atoms with Crippen LogP contribution >= 0.6 is 11.8 Å². The third-order valence-electron chi connectivity index (χ3n) is 3.08. The first-order valence-corrected chi connectivity index (χ1v) is 7.37. The fourth-order valence-electron chi connectivity index (χ4n) is 1.68. The summed E-state index contributed by atoms with van der Waals surface area (Å²) in [5.74, 6) is 0. The van der Waals surface area contributed by atoms with Crippen molar-refractivity contribution in [3.63, 3.8) is 0 Å². The van der Waals surface area contributed by atoms with Crippen LogP contribution in [0.3, 0.4) is 0 Å². The van der Waals surface area contributed by atoms with E-state index in [-0.39, 0.29) is 0 Å². The van der Waals surface area contributed by atoms with Crippen LogP contribution in [0.15, 0.2) is 23.1 Å². The number of thioether (sulfide) groups is 1. The molecule has 0 aliphatic rings. The quantitative estimate of drug-likeness (QED) is 0.764. The molecule has 0 spiro atoms. The zero-order valence-corrected chi connectivity index (χ0v) is 12.0. The number of benzene rings is 1. The molecule has 0 heterocycles. The molecule has 0 saturated heterocycles. The highest BCUT2D eigenvalue weighted by Gasteiger charge is 2.09. The first kappa shape index (κ1) is 14.6. The van der Waals surface area contributed by atoms with Gasteiger partial charge in [0.1, 0.15) is 0 Å². The number of hydrogen-bond acceptors (Lipinski definition) is 3. The van der Waals surface area contributed by atoms with E-state index >= 15 is 0 Å². The molecule has 0 bridgehead atoms. The molecule has 1 aromatic rings. The maximum atomic E-state index is 10.1. The van der Waals surface area contributed by atoms with E-state index in [4.69, 9.17) is 0 Å². The summed E-state index contributed by atoms with van der Waals surface area (Å²) in [6.07, 6.45) is 2.73. The molecule has 96 valence electrons. The molecule has 3 heteroatoms. The minimum absolute atomic E-state index is 0.418. The van der Waals surface area contributed by atoms with Gasteiger partial charge in [0.05, 0.1) is 6.10 Å². The van der Waals surface area contributed by atoms with Crippen LogP contribution in [-0.2, 0) is 0 Å². The maximum absolute atomic E-state index is 10.1. The van der Waals surface area contributed by atoms with E-state index in [1.54, 1.807) is 11.8 Å². The standard InChI is InChI=1S/C14H23NOS/c1-5-11(3)15-9-13(16)12-6-7-14(17-4)10(2)8-12/h6-8,11,13,15-16H,5,9H2,1-4H3. The van der Waals surface area contributed by atoms with Gasteiger partial charge in [-0.3, -0.25) is 0 Å². The highest BCUT2D eigenvalue weighted by atomic mass is 32.2. The number of aryl methyl sites for hydroxylation is 1. The summed E-state index contributed by atoms with van der Waals surface area (Å²) in [5.41, 5.74) is 2.23. The van der Waals surface area contributed by atoms with Gasteiger partial charge in [-0.15, -0.1) is 11.8 Å². The molecule has 2 unspecified atom stereocenters. The summed E-state index contributed by atoms with van der Waals surface area (Å²) in [5, 5.41) is 13.4. The van der Waals surface area contributed by atoms with Crippen molar-refractivity contribution in [1.82, 2.24) is 5.32 Å². The van der Waals surface area contributed by atoms with Gasteiger partial charge in [-0.1, -0.05) is 19.1 Å². The lowest BCUT2D eigenvalue weighted by molar-refractivity contribution is 0.170. The zero-order chi connectivity index (χ0) is 12.8. The molecule has 2 atom stereocenters. The molecule has 0 aromatic heterocycles. The number of hydrogen-bond donors (Lipinski definition) is 2. The smallest absolute Gasteiger partial charge is 0.0914 e. The van der Waals surface area contributed by atoms with Crippen LogP contribution in [-0.4, -0.2) is 23.9 Å². The third-order valence-corrected chi connectivity index (χ3v) is 3.97. The number of nitrogens with one attached hydrogen (secondary N) is 1. The van der Waals surface area contributed by atoms with Crippen molar-refractivity contribution >= 4 is 11.8 Å². The molecular weight excluding hydrogens is 230 g/mol. The van der Waals surface area contributed by atoms with Crippen molar-refractivity contribution in [2.75, 3.05) is 12.8 Å². The minimum atomic E-state index is -0.418. The van der Waals surface area contributed by atoms with Crippen LogP contribution in [0, 0.1) is 6.92 Å². The first-order chi connectivity index (χ1) is 8.08. The van der Waals surface area contributed by atoms with E-state index < -0.39 is 6.10 Å². The average molecular weight is 253 g/mol. The Labute approximate surface area is 109 Å². The molecule has 17 heavy (non-hydrogen) atoms. The predicted molar refractivity (Wildman–Crippen MR) is 75.7 cm³/mol. The molecule has 1 aromatic carbocycles. The van der Waals surface area contributed by atoms with E-state index in [1.165, 1.54) is 10.5 Å². The topological polar surface area (TPSA) is 32.3 Å². The van der Waals surface area contributed by atoms with Gasteiger partial charge < -0.3 is 10.4 Å². The molecule has 2 nitrogen and oxygen atoms in total. The zero-order valence-electron chi connectivity index (χ0n) is 11.2. The van der Waals surface area contributed by atoms with Crippen molar-refractivity contribution in [3.05, 3.63) is 29.3 Å². The fourth-order valence-corrected chi connectivity index (χ4v) is 2.27. The van der Waals surface area contributed by atoms with Crippen molar-refractivity contribution in [2.45, 2.75) is 44.2 Å². The molecular formula is C14H23NOS. The Morgan fingerprint density at radius 2 is 2.12 bits per heavy atom. The summed E-state index contributed by atoms with van der Waals surface area (Å²) >= 11 is 1.74. The van der Waals surface area contributed by atoms with Crippen LogP contribution in [0.4, 0.5) is 0 Å². The van der Waals surface area contributed by atoms with Crippen molar-refractivity contribution in [2.24, 2.45) is 0 Å². The number of aliphatic hydroxyl groups excluding tert-OH is 1. The highest BCUT2D eigenvalue weighted by molar-refractivity contribution is 7.98. The van der Waals surface area contributed by atoms with Gasteiger partial charge in [-0.05, 0) is 43.7 Å². The van der Waals surface area contributed by atoms with Gasteiger partial charge in [0, 0.05) is 17.5 Å². The summed E-state index contributed by atoms with van der Waals surface area (Å²) in [6, 6.07) is 6.63. The molecule has 0 amide bonds. The van der Waals surface area contributed by atoms with Gasteiger partial charge in [-0.2, -0.15) is 0 Å². The summed E-state index contributed by atoms with van der Waals surface area (Å²) in [7, 11) is 0. The first-order valence-electron chi connectivity index (χ1n) is 6.14. The van der Waals surface area contributed by atoms with E-state index in [1.807, 2.05) is 6.07 Å². The van der Waals surface area contributed by atoms with Gasteiger partial charge in [0.15, 0.2) is 0 Å². The average Bonchev–Trinajstić information content (AvgIpc) is 2.35. The van der Waals surface area contributed by atoms with Gasteiger partial charge in [-0.25, -0.2) is 0 Å². The van der Waals surface area contributed by atoms with Crippen LogP contribution < -0.4 is 5.32 Å². The molecule has 0 aliphatic heterocycles. The number of aliphatic hydroxyl groups is 1. The van der Waals surface area contributed by atoms with E-state index in [9.17, 15) is 5.11 Å². The fraction of sp³-hybridized carbons (Fsp3) is 0.571. The van der Waals surface area contributed by atoms with E-state index in [2.05, 4.69) is 44.5 Å². The lowest BCUT2D eigenvalue weighted by Crippen LogP contribution is -2.29. The Morgan fingerprint density at radius 3 is 2.65 bits per heavy atom. The molecule has 0 aliphatic carbocycles. The second-order valence-electron chi connectivity index (χ2n) is 4.46. The molecule has 0 fully saturated rings. The molecule has 0 saturated carbocycles. The summed E-state index contributed by atoms with van der Waals surface area (Å²) in [6.45, 7) is 6.98. The summed E-state index contributed by atoms with van der Waals surface area (Å²) < 4.78 is 0. The Bertz CT molecular complexity index is 354. The Kier molecular flexibility index (Phi) is 6.03. The second kappa shape index (κ2) is 7.04. The highest BCUT2D eigenvalue weighted by Crippen LogP contribution is 2.23. The van der Waals surface area contributed by atoms with Gasteiger partial charge in [0.2, 0.25) is 0 Å². The van der Waals surface area contributed by atoms with Crippen LogP contribution in [0.25, 0.3) is 0 Å². The van der Waals surface area contributed by atoms with Crippen molar-refractivity contribution in [1.29, 1.82) is 0 Å². The minimum Gasteiger partial charge on any atom is -0.387 e. The van der Waals surface area contributed by atoms with E-state index in [0.717, 1.165) is 12.0 Å². The van der Waals surface area contributed by atoms with Crippen LogP contribution in [0.1, 0.15) is 37.5 Å². The van der Waals surface area contributed by atoms with Gasteiger partial charge >= 0.3 is 0 Å². The molecule has 1 rings (SSSR count). The van der Waals surface area contributed by atoms with Crippen LogP contribution in [0.2, 0.25) is 0 Å². The largest absolute Gasteiger partial charge is 0.387 e. The SMILES string of the molecule is CCC(C)NCC(O)c1ccc(SC)c(C)c1. The Hall–Kier alpha value is -0.510. The maximum Gasteiger partial charge on any atom is 0.0914 e. The lowest BCUT2D eigenvalue weighted by atomic mass is 10.1. The monoisotopic (exact) mass is 253 g/mol. The third kappa shape index (κ3) is 4.34. The molecule has 0 radical (unpaired) electrons. The second-order valence-corrected chi connectivity index (χ2v) is 5.31. The van der Waals surface area contributed by atoms with Crippen LogP contribution in [0.5, 0.6) is 0 Å². The lowest BCUT2D eigenvalue weighted by Gasteiger charge is -2.17. The summed E-state index contributed by atoms with van der Waals surface area (Å²) in [4.78, 5) is 1.27. The normalized spacial score (nSPS) is 14.6. The molecule has 2 N–H and O–H groups in total. The predicted octanol–water partition coefficient (Wildman–Crippen LogP) is 3.14.